The summed E-state index contributed by atoms with van der Waals surface area (Å²) in [5.74, 6) is 0.854. The molecule has 1 aromatic rings. The van der Waals surface area contributed by atoms with Crippen molar-refractivity contribution in [2.75, 3.05) is 26.9 Å². The molecular weight excluding hydrogens is 334 g/mol. The van der Waals surface area contributed by atoms with Gasteiger partial charge in [-0.25, -0.2) is 0 Å². The van der Waals surface area contributed by atoms with Crippen molar-refractivity contribution in [1.29, 1.82) is 0 Å². The van der Waals surface area contributed by atoms with E-state index in [9.17, 15) is 0 Å². The van der Waals surface area contributed by atoms with Gasteiger partial charge < -0.3 is 19.5 Å². The molecule has 0 saturated carbocycles. The van der Waals surface area contributed by atoms with Crippen LogP contribution in [0, 0.1) is 0 Å². The van der Waals surface area contributed by atoms with E-state index >= 15 is 0 Å². The maximum Gasteiger partial charge on any atom is 0.172 e. The average molecular weight is 360 g/mol. The highest BCUT2D eigenvalue weighted by atomic mass is 79.9. The highest BCUT2D eigenvalue weighted by molar-refractivity contribution is 9.10. The molecule has 1 aromatic carbocycles. The summed E-state index contributed by atoms with van der Waals surface area (Å²) in [7, 11) is 1.68. The van der Waals surface area contributed by atoms with E-state index in [1.165, 1.54) is 5.56 Å². The number of rotatable bonds is 10. The molecule has 120 valence electrons. The molecule has 0 amide bonds. The Morgan fingerprint density at radius 1 is 1.14 bits per heavy atom. The summed E-state index contributed by atoms with van der Waals surface area (Å²) in [4.78, 5) is 0. The summed E-state index contributed by atoms with van der Waals surface area (Å²) in [5.41, 5.74) is 1.17. The van der Waals surface area contributed by atoms with E-state index in [0.717, 1.165) is 23.2 Å². The highest BCUT2D eigenvalue weighted by Gasteiger charge is 2.23. The maximum absolute atomic E-state index is 5.73. The Labute approximate surface area is 136 Å². The Bertz CT molecular complexity index is 409. The number of nitrogens with one attached hydrogen (secondary N) is 1. The third-order valence-corrected chi connectivity index (χ3v) is 3.92. The Hall–Kier alpha value is -0.620. The fraction of sp³-hybridized carbons (Fsp3) is 0.625. The number of methoxy groups -OCH3 is 1. The average Bonchev–Trinajstić information content (AvgIpc) is 2.48. The number of halogens is 1. The second-order valence-corrected chi connectivity index (χ2v) is 5.46. The minimum Gasteiger partial charge on any atom is -0.497 e. The number of benzene rings is 1. The molecule has 1 rings (SSSR count). The van der Waals surface area contributed by atoms with Gasteiger partial charge in [-0.15, -0.1) is 0 Å². The van der Waals surface area contributed by atoms with Gasteiger partial charge in [-0.05, 0) is 50.6 Å². The first-order valence-corrected chi connectivity index (χ1v) is 8.24. The van der Waals surface area contributed by atoms with Crippen molar-refractivity contribution in [3.05, 3.63) is 28.2 Å². The Kier molecular flexibility index (Phi) is 8.92. The summed E-state index contributed by atoms with van der Waals surface area (Å²) in [6, 6.07) is 6.09. The van der Waals surface area contributed by atoms with Gasteiger partial charge in [-0.3, -0.25) is 0 Å². The second-order valence-electron chi connectivity index (χ2n) is 4.60. The van der Waals surface area contributed by atoms with Crippen LogP contribution in [0.5, 0.6) is 5.75 Å². The predicted molar refractivity (Wildman–Crippen MR) is 88.9 cm³/mol. The van der Waals surface area contributed by atoms with Crippen molar-refractivity contribution < 1.29 is 14.2 Å². The highest BCUT2D eigenvalue weighted by Crippen LogP contribution is 2.24. The number of ether oxygens (including phenoxy) is 3. The summed E-state index contributed by atoms with van der Waals surface area (Å²) in [6.07, 6.45) is 0.550. The van der Waals surface area contributed by atoms with Crippen LogP contribution in [-0.4, -0.2) is 39.2 Å². The monoisotopic (exact) mass is 359 g/mol. The minimum atomic E-state index is -0.252. The standard InChI is InChI=1S/C16H26BrNO3/c1-5-18-15(16(20-6-2)21-7-3)11-12-10-13(19-4)8-9-14(12)17/h8-10,15-16,18H,5-7,11H2,1-4H3. The van der Waals surface area contributed by atoms with Crippen molar-refractivity contribution >= 4 is 15.9 Å². The fourth-order valence-corrected chi connectivity index (χ4v) is 2.62. The first-order valence-electron chi connectivity index (χ1n) is 7.45. The lowest BCUT2D eigenvalue weighted by atomic mass is 10.0. The zero-order valence-electron chi connectivity index (χ0n) is 13.3. The van der Waals surface area contributed by atoms with Crippen molar-refractivity contribution in [2.45, 2.75) is 39.5 Å². The van der Waals surface area contributed by atoms with Crippen molar-refractivity contribution in [1.82, 2.24) is 5.32 Å². The topological polar surface area (TPSA) is 39.7 Å². The van der Waals surface area contributed by atoms with Gasteiger partial charge in [0.15, 0.2) is 6.29 Å². The van der Waals surface area contributed by atoms with Crippen LogP contribution in [0.25, 0.3) is 0 Å². The van der Waals surface area contributed by atoms with Crippen LogP contribution in [0.15, 0.2) is 22.7 Å². The van der Waals surface area contributed by atoms with Crippen molar-refractivity contribution in [3.8, 4) is 5.75 Å². The Morgan fingerprint density at radius 3 is 2.33 bits per heavy atom. The first kappa shape index (κ1) is 18.4. The lowest BCUT2D eigenvalue weighted by Gasteiger charge is -2.28. The van der Waals surface area contributed by atoms with Crippen molar-refractivity contribution in [2.24, 2.45) is 0 Å². The molecule has 1 N–H and O–H groups in total. The summed E-state index contributed by atoms with van der Waals surface area (Å²) < 4.78 is 17.8. The lowest BCUT2D eigenvalue weighted by Crippen LogP contribution is -2.44. The molecule has 1 unspecified atom stereocenters. The molecule has 0 aliphatic rings. The molecule has 0 bridgehead atoms. The lowest BCUT2D eigenvalue weighted by molar-refractivity contribution is -0.153. The Morgan fingerprint density at radius 2 is 1.81 bits per heavy atom. The molecule has 0 saturated heterocycles. The van der Waals surface area contributed by atoms with Crippen LogP contribution in [0.3, 0.4) is 0 Å². The zero-order chi connectivity index (χ0) is 15.7. The third kappa shape index (κ3) is 5.94. The summed E-state index contributed by atoms with van der Waals surface area (Å²) >= 11 is 3.60. The van der Waals surface area contributed by atoms with Crippen LogP contribution in [0.1, 0.15) is 26.3 Å². The van der Waals surface area contributed by atoms with Gasteiger partial charge in [-0.2, -0.15) is 0 Å². The summed E-state index contributed by atoms with van der Waals surface area (Å²) in [6.45, 7) is 8.18. The molecule has 1 atom stereocenters. The molecule has 0 aromatic heterocycles. The van der Waals surface area contributed by atoms with Gasteiger partial charge in [0.1, 0.15) is 5.75 Å². The maximum atomic E-state index is 5.73. The van der Waals surface area contributed by atoms with Gasteiger partial charge in [0, 0.05) is 17.7 Å². The third-order valence-electron chi connectivity index (χ3n) is 3.15. The molecule has 5 heteroatoms. The SMILES string of the molecule is CCNC(Cc1cc(OC)ccc1Br)C(OCC)OCC. The molecule has 21 heavy (non-hydrogen) atoms. The molecule has 4 nitrogen and oxygen atoms in total. The molecule has 0 heterocycles. The van der Waals surface area contributed by atoms with E-state index in [4.69, 9.17) is 14.2 Å². The fourth-order valence-electron chi connectivity index (χ4n) is 2.21. The van der Waals surface area contributed by atoms with Gasteiger partial charge in [0.05, 0.1) is 13.2 Å². The van der Waals surface area contributed by atoms with Crippen LogP contribution >= 0.6 is 15.9 Å². The van der Waals surface area contributed by atoms with Gasteiger partial charge in [-0.1, -0.05) is 22.9 Å². The van der Waals surface area contributed by atoms with E-state index < -0.39 is 0 Å². The van der Waals surface area contributed by atoms with Gasteiger partial charge in [0.2, 0.25) is 0 Å². The summed E-state index contributed by atoms with van der Waals surface area (Å²) in [5, 5.41) is 3.45. The number of hydrogen-bond donors (Lipinski definition) is 1. The van der Waals surface area contributed by atoms with E-state index in [0.29, 0.717) is 13.2 Å². The van der Waals surface area contributed by atoms with Crippen LogP contribution in [0.2, 0.25) is 0 Å². The van der Waals surface area contributed by atoms with Crippen LogP contribution < -0.4 is 10.1 Å². The van der Waals surface area contributed by atoms with Crippen molar-refractivity contribution in [3.63, 3.8) is 0 Å². The molecule has 0 spiro atoms. The second kappa shape index (κ2) is 10.2. The minimum absolute atomic E-state index is 0.0957. The largest absolute Gasteiger partial charge is 0.497 e. The molecule has 0 fully saturated rings. The zero-order valence-corrected chi connectivity index (χ0v) is 14.9. The van der Waals surface area contributed by atoms with E-state index in [1.807, 2.05) is 32.0 Å². The normalized spacial score (nSPS) is 12.7. The number of hydrogen-bond acceptors (Lipinski definition) is 4. The molecule has 0 aliphatic carbocycles. The smallest absolute Gasteiger partial charge is 0.172 e. The molecule has 0 aliphatic heterocycles. The van der Waals surface area contributed by atoms with Crippen LogP contribution in [-0.2, 0) is 15.9 Å². The predicted octanol–water partition coefficient (Wildman–Crippen LogP) is 3.38. The van der Waals surface area contributed by atoms with E-state index in [-0.39, 0.29) is 12.3 Å². The Balaban J connectivity index is 2.90. The quantitative estimate of drug-likeness (QED) is 0.650. The number of likely N-dealkylation sites (N-methyl/N-ethyl adjacent to an activating group) is 1. The molecule has 0 radical (unpaired) electrons. The molecular formula is C16H26BrNO3. The van der Waals surface area contributed by atoms with Crippen LogP contribution in [0.4, 0.5) is 0 Å². The van der Waals surface area contributed by atoms with Gasteiger partial charge >= 0.3 is 0 Å². The van der Waals surface area contributed by atoms with E-state index in [2.05, 4.69) is 28.2 Å². The van der Waals surface area contributed by atoms with Gasteiger partial charge in [0.25, 0.3) is 0 Å². The first-order chi connectivity index (χ1) is 10.2. The van der Waals surface area contributed by atoms with E-state index in [1.54, 1.807) is 7.11 Å².